The number of hydrogen-bond acceptors (Lipinski definition) is 5. The maximum absolute atomic E-state index is 13.1. The van der Waals surface area contributed by atoms with Crippen molar-refractivity contribution in [3.63, 3.8) is 0 Å². The molecule has 1 aromatic heterocycles. The molecule has 0 spiro atoms. The van der Waals surface area contributed by atoms with Gasteiger partial charge in [-0.1, -0.05) is 24.3 Å². The fourth-order valence-electron chi connectivity index (χ4n) is 3.99. The van der Waals surface area contributed by atoms with Crippen LogP contribution in [0.15, 0.2) is 47.8 Å². The van der Waals surface area contributed by atoms with Crippen LogP contribution in [0.1, 0.15) is 45.4 Å². The number of likely N-dealkylation sites (tertiary alicyclic amines) is 1. The Balaban J connectivity index is 1.34. The van der Waals surface area contributed by atoms with Gasteiger partial charge in [0, 0.05) is 24.4 Å². The maximum Gasteiger partial charge on any atom is 0.275 e. The second-order valence-electron chi connectivity index (χ2n) is 8.14. The molecule has 6 nitrogen and oxygen atoms in total. The zero-order valence-corrected chi connectivity index (χ0v) is 19.5. The first-order chi connectivity index (χ1) is 15.9. The average molecular weight is 468 g/mol. The van der Waals surface area contributed by atoms with Crippen molar-refractivity contribution in [2.75, 3.05) is 25.5 Å². The van der Waals surface area contributed by atoms with E-state index in [9.17, 15) is 14.0 Å². The Morgan fingerprint density at radius 3 is 2.61 bits per heavy atom. The summed E-state index contributed by atoms with van der Waals surface area (Å²) in [6.45, 7) is 3.20. The summed E-state index contributed by atoms with van der Waals surface area (Å²) in [7, 11) is 1.57. The van der Waals surface area contributed by atoms with Gasteiger partial charge in [0.1, 0.15) is 17.3 Å². The molecule has 0 unspecified atom stereocenters. The second kappa shape index (κ2) is 10.1. The number of hydrogen-bond donors (Lipinski definition) is 1. The Hall–Kier alpha value is -3.26. The normalized spacial score (nSPS) is 14.2. The van der Waals surface area contributed by atoms with Crippen LogP contribution in [-0.2, 0) is 11.2 Å². The van der Waals surface area contributed by atoms with Crippen LogP contribution in [0.25, 0.3) is 0 Å². The van der Waals surface area contributed by atoms with Crippen molar-refractivity contribution in [3.05, 3.63) is 75.5 Å². The molecule has 2 amide bonds. The van der Waals surface area contributed by atoms with E-state index in [1.165, 1.54) is 23.5 Å². The molecule has 1 aliphatic heterocycles. The van der Waals surface area contributed by atoms with Crippen molar-refractivity contribution in [1.29, 1.82) is 0 Å². The number of aryl methyl sites for hydroxylation is 1. The highest BCUT2D eigenvalue weighted by Gasteiger charge is 2.26. The van der Waals surface area contributed by atoms with E-state index >= 15 is 0 Å². The average Bonchev–Trinajstić information content (AvgIpc) is 3.32. The molecule has 4 rings (SSSR count). The van der Waals surface area contributed by atoms with Gasteiger partial charge in [-0.15, -0.1) is 11.3 Å². The zero-order valence-electron chi connectivity index (χ0n) is 18.6. The summed E-state index contributed by atoms with van der Waals surface area (Å²) in [6.07, 6.45) is 1.87. The van der Waals surface area contributed by atoms with Crippen LogP contribution in [-0.4, -0.2) is 41.9 Å². The molecule has 172 valence electrons. The number of halogens is 1. The molecule has 0 bridgehead atoms. The number of anilines is 1. The molecule has 3 aromatic rings. The van der Waals surface area contributed by atoms with Crippen LogP contribution < -0.4 is 10.1 Å². The number of carbonyl (C=O) groups excluding carboxylic acids is 2. The van der Waals surface area contributed by atoms with E-state index in [-0.39, 0.29) is 30.0 Å². The summed E-state index contributed by atoms with van der Waals surface area (Å²) in [4.78, 5) is 31.8. The van der Waals surface area contributed by atoms with Crippen molar-refractivity contribution in [2.45, 2.75) is 32.1 Å². The number of thiazole rings is 1. The highest BCUT2D eigenvalue weighted by molar-refractivity contribution is 7.10. The molecule has 0 aliphatic carbocycles. The predicted octanol–water partition coefficient (Wildman–Crippen LogP) is 4.80. The van der Waals surface area contributed by atoms with Crippen molar-refractivity contribution >= 4 is 28.8 Å². The third-order valence-electron chi connectivity index (χ3n) is 5.91. The molecule has 1 saturated heterocycles. The van der Waals surface area contributed by atoms with Crippen molar-refractivity contribution in [1.82, 2.24) is 9.88 Å². The maximum atomic E-state index is 13.1. The SMILES string of the molecule is COc1cccc(C)c1NC(=O)c1csc(C2CCN(C(=O)Cc3ccc(F)cc3)CC2)n1. The van der Waals surface area contributed by atoms with E-state index < -0.39 is 0 Å². The molecule has 1 fully saturated rings. The number of benzene rings is 2. The van der Waals surface area contributed by atoms with Gasteiger partial charge in [0.05, 0.1) is 24.2 Å². The topological polar surface area (TPSA) is 71.5 Å². The fraction of sp³-hybridized carbons (Fsp3) is 0.320. The van der Waals surface area contributed by atoms with Crippen LogP contribution in [0.4, 0.5) is 10.1 Å². The second-order valence-corrected chi connectivity index (χ2v) is 9.03. The molecule has 33 heavy (non-hydrogen) atoms. The highest BCUT2D eigenvalue weighted by atomic mass is 32.1. The van der Waals surface area contributed by atoms with Crippen molar-refractivity contribution < 1.29 is 18.7 Å². The number of amides is 2. The molecule has 1 aliphatic rings. The van der Waals surface area contributed by atoms with E-state index in [0.717, 1.165) is 29.0 Å². The van der Waals surface area contributed by atoms with Gasteiger partial charge in [-0.05, 0) is 49.1 Å². The number of carbonyl (C=O) groups is 2. The standard InChI is InChI=1S/C25H26FN3O3S/c1-16-4-3-5-21(32-2)23(16)28-24(31)20-15-33-25(27-20)18-10-12-29(13-11-18)22(30)14-17-6-8-19(26)9-7-17/h3-9,15,18H,10-14H2,1-2H3,(H,28,31). The molecule has 2 heterocycles. The quantitative estimate of drug-likeness (QED) is 0.565. The minimum atomic E-state index is -0.304. The number of aromatic nitrogens is 1. The molecule has 0 atom stereocenters. The van der Waals surface area contributed by atoms with Crippen molar-refractivity contribution in [2.24, 2.45) is 0 Å². The Bertz CT molecular complexity index is 1140. The van der Waals surface area contributed by atoms with Crippen molar-refractivity contribution in [3.8, 4) is 5.75 Å². The van der Waals surface area contributed by atoms with E-state index in [0.29, 0.717) is 30.2 Å². The monoisotopic (exact) mass is 467 g/mol. The minimum absolute atomic E-state index is 0.0476. The Labute approximate surface area is 196 Å². The van der Waals surface area contributed by atoms with Crippen LogP contribution in [0, 0.1) is 12.7 Å². The summed E-state index contributed by atoms with van der Waals surface area (Å²) in [5, 5.41) is 5.61. The smallest absolute Gasteiger partial charge is 0.275 e. The number of nitrogens with one attached hydrogen (secondary N) is 1. The number of ether oxygens (including phenoxy) is 1. The van der Waals surface area contributed by atoms with Crippen LogP contribution in [0.2, 0.25) is 0 Å². The number of methoxy groups -OCH3 is 1. The van der Waals surface area contributed by atoms with Gasteiger partial charge < -0.3 is 15.0 Å². The summed E-state index contributed by atoms with van der Waals surface area (Å²) in [5.41, 5.74) is 2.75. The fourth-order valence-corrected chi connectivity index (χ4v) is 4.96. The van der Waals surface area contributed by atoms with Gasteiger partial charge in [0.2, 0.25) is 5.91 Å². The van der Waals surface area contributed by atoms with Crippen LogP contribution in [0.3, 0.4) is 0 Å². The minimum Gasteiger partial charge on any atom is -0.495 e. The third-order valence-corrected chi connectivity index (χ3v) is 6.92. The van der Waals surface area contributed by atoms with E-state index in [2.05, 4.69) is 10.3 Å². The molecule has 0 saturated carbocycles. The van der Waals surface area contributed by atoms with E-state index in [1.807, 2.05) is 24.0 Å². The molecule has 8 heteroatoms. The third kappa shape index (κ3) is 5.39. The Morgan fingerprint density at radius 2 is 1.91 bits per heavy atom. The summed E-state index contributed by atoms with van der Waals surface area (Å²) < 4.78 is 18.4. The van der Waals surface area contributed by atoms with Gasteiger partial charge in [-0.3, -0.25) is 9.59 Å². The first kappa shape index (κ1) is 22.9. The lowest BCUT2D eigenvalue weighted by Gasteiger charge is -2.31. The lowest BCUT2D eigenvalue weighted by molar-refractivity contribution is -0.131. The summed E-state index contributed by atoms with van der Waals surface area (Å²) in [6, 6.07) is 11.6. The first-order valence-corrected chi connectivity index (χ1v) is 11.7. The summed E-state index contributed by atoms with van der Waals surface area (Å²) >= 11 is 1.48. The molecule has 2 aromatic carbocycles. The zero-order chi connectivity index (χ0) is 23.4. The largest absolute Gasteiger partial charge is 0.495 e. The van der Waals surface area contributed by atoms with E-state index in [4.69, 9.17) is 4.74 Å². The van der Waals surface area contributed by atoms with Gasteiger partial charge >= 0.3 is 0 Å². The number of piperidine rings is 1. The predicted molar refractivity (Wildman–Crippen MR) is 126 cm³/mol. The Morgan fingerprint density at radius 1 is 1.18 bits per heavy atom. The molecular formula is C25H26FN3O3S. The van der Waals surface area contributed by atoms with Crippen LogP contribution >= 0.6 is 11.3 Å². The van der Waals surface area contributed by atoms with E-state index in [1.54, 1.807) is 30.7 Å². The van der Waals surface area contributed by atoms with Gasteiger partial charge in [0.25, 0.3) is 5.91 Å². The van der Waals surface area contributed by atoms with Gasteiger partial charge in [-0.2, -0.15) is 0 Å². The highest BCUT2D eigenvalue weighted by Crippen LogP contribution is 2.32. The number of nitrogens with zero attached hydrogens (tertiary/aromatic N) is 2. The summed E-state index contributed by atoms with van der Waals surface area (Å²) in [5.74, 6) is 0.306. The number of rotatable bonds is 6. The molecule has 1 N–H and O–H groups in total. The lowest BCUT2D eigenvalue weighted by Crippen LogP contribution is -2.38. The van der Waals surface area contributed by atoms with Gasteiger partial charge in [-0.25, -0.2) is 9.37 Å². The Kier molecular flexibility index (Phi) is 7.03. The van der Waals surface area contributed by atoms with Crippen LogP contribution in [0.5, 0.6) is 5.75 Å². The first-order valence-electron chi connectivity index (χ1n) is 10.9. The van der Waals surface area contributed by atoms with Gasteiger partial charge in [0.15, 0.2) is 0 Å². The molecule has 0 radical (unpaired) electrons. The molecular weight excluding hydrogens is 441 g/mol. The number of para-hydroxylation sites is 1. The lowest BCUT2D eigenvalue weighted by atomic mass is 9.97.